The zero-order valence-corrected chi connectivity index (χ0v) is 37.7. The number of likely N-dealkylation sites (N-methyl/N-ethyl adjacent to an activating group) is 1. The number of nitrogens with zero attached hydrogens (tertiary/aromatic N) is 2. The Balaban J connectivity index is 0.000000394. The van der Waals surface area contributed by atoms with Crippen molar-refractivity contribution in [2.75, 3.05) is 47.0 Å². The monoisotopic (exact) mass is 908 g/mol. The fourth-order valence-corrected chi connectivity index (χ4v) is 12.9. The lowest BCUT2D eigenvalue weighted by Crippen LogP contribution is -2.70. The van der Waals surface area contributed by atoms with Crippen LogP contribution in [0.25, 0.3) is 10.9 Å². The highest BCUT2D eigenvalue weighted by Crippen LogP contribution is 2.64. The predicted octanol–water partition coefficient (Wildman–Crippen LogP) is 5.07. The van der Waals surface area contributed by atoms with Gasteiger partial charge in [-0.05, 0) is 74.2 Å². The molecule has 12 rings (SSSR count). The van der Waals surface area contributed by atoms with Crippen molar-refractivity contribution in [1.29, 1.82) is 0 Å². The van der Waals surface area contributed by atoms with Gasteiger partial charge in [0.1, 0.15) is 18.6 Å². The number of hydrogen-bond donors (Lipinski definition) is 6. The zero-order valence-electron chi connectivity index (χ0n) is 36.9. The van der Waals surface area contributed by atoms with Crippen molar-refractivity contribution in [3.05, 3.63) is 98.7 Å². The summed E-state index contributed by atoms with van der Waals surface area (Å²) in [6, 6.07) is 11.1. The number of fused-ring (bicyclic) bond motifs is 10. The Bertz CT molecular complexity index is 2760. The molecule has 0 radical (unpaired) electrons. The van der Waals surface area contributed by atoms with Gasteiger partial charge in [-0.25, -0.2) is 4.79 Å². The van der Waals surface area contributed by atoms with Crippen molar-refractivity contribution < 1.29 is 58.4 Å². The maximum absolute atomic E-state index is 14.7. The number of hydrogen-bond acceptors (Lipinski definition) is 16. The summed E-state index contributed by atoms with van der Waals surface area (Å²) in [6.07, 6.45) is 1.81. The van der Waals surface area contributed by atoms with E-state index in [0.29, 0.717) is 70.2 Å². The second-order valence-corrected chi connectivity index (χ2v) is 18.6. The number of rotatable bonds is 4. The molecule has 4 aromatic carbocycles. The summed E-state index contributed by atoms with van der Waals surface area (Å²) in [7, 11) is 4.96. The summed E-state index contributed by atoms with van der Waals surface area (Å²) in [6.45, 7) is 5.36. The van der Waals surface area contributed by atoms with Gasteiger partial charge in [0.25, 0.3) is 0 Å². The second kappa shape index (κ2) is 16.3. The van der Waals surface area contributed by atoms with Crippen molar-refractivity contribution >= 4 is 34.6 Å². The van der Waals surface area contributed by atoms with Gasteiger partial charge < -0.3 is 53.8 Å². The third-order valence-electron chi connectivity index (χ3n) is 14.1. The summed E-state index contributed by atoms with van der Waals surface area (Å²) in [5, 5.41) is 48.2. The second-order valence-electron chi connectivity index (χ2n) is 17.4. The molecule has 8 heterocycles. The molecule has 7 aliphatic rings. The minimum Gasteiger partial charge on any atom is -0.504 e. The molecule has 6 N–H and O–H groups in total. The number of piperazine rings is 1. The number of thioether (sulfide) groups is 1. The number of aliphatic hydroxyl groups excluding tert-OH is 2. The lowest BCUT2D eigenvalue weighted by molar-refractivity contribution is -0.186. The first kappa shape index (κ1) is 43.2. The van der Waals surface area contributed by atoms with Crippen LogP contribution in [0.5, 0.6) is 40.2 Å². The summed E-state index contributed by atoms with van der Waals surface area (Å²) in [5.41, 5.74) is 6.40. The number of benzene rings is 4. The van der Waals surface area contributed by atoms with Gasteiger partial charge in [0.05, 0.1) is 44.2 Å². The fourth-order valence-electron chi connectivity index (χ4n) is 11.3. The largest absolute Gasteiger partial charge is 0.504 e. The van der Waals surface area contributed by atoms with Crippen LogP contribution in [-0.2, 0) is 39.3 Å². The van der Waals surface area contributed by atoms with E-state index in [2.05, 4.69) is 15.2 Å². The minimum absolute atomic E-state index is 0.0226. The molecule has 5 aromatic rings. The summed E-state index contributed by atoms with van der Waals surface area (Å²) in [5.74, 6) is 0.949. The van der Waals surface area contributed by atoms with E-state index in [0.717, 1.165) is 33.2 Å². The highest BCUT2D eigenvalue weighted by molar-refractivity contribution is 7.99. The van der Waals surface area contributed by atoms with E-state index in [9.17, 15) is 24.9 Å². The molecule has 0 saturated carbocycles. The molecule has 65 heavy (non-hydrogen) atoms. The number of carbonyl (C=O) groups is 2. The predicted molar refractivity (Wildman–Crippen MR) is 239 cm³/mol. The molecular weight excluding hydrogens is 857 g/mol. The maximum Gasteiger partial charge on any atom is 0.331 e. The van der Waals surface area contributed by atoms with E-state index < -0.39 is 47.1 Å². The van der Waals surface area contributed by atoms with Crippen molar-refractivity contribution in [2.24, 2.45) is 0 Å². The molecule has 0 amide bonds. The normalized spacial score (nSPS) is 26.2. The van der Waals surface area contributed by atoms with Gasteiger partial charge in [0, 0.05) is 70.2 Å². The summed E-state index contributed by atoms with van der Waals surface area (Å²) in [4.78, 5) is 34.8. The molecule has 342 valence electrons. The first-order chi connectivity index (χ1) is 31.3. The average molecular weight is 909 g/mol. The highest BCUT2D eigenvalue weighted by Gasteiger charge is 2.61. The lowest BCUT2D eigenvalue weighted by atomic mass is 9.73. The number of para-hydroxylation sites is 1. The molecule has 1 spiro atoms. The van der Waals surface area contributed by atoms with Crippen molar-refractivity contribution in [2.45, 2.75) is 81.4 Å². The number of aryl methyl sites for hydroxylation is 1. The fraction of sp³-hybridized carbons (Fsp3) is 0.417. The molecular formula is C48H52N4O12S. The number of methoxy groups -OCH3 is 2. The van der Waals surface area contributed by atoms with Gasteiger partial charge >= 0.3 is 11.9 Å². The highest BCUT2D eigenvalue weighted by atomic mass is 32.2. The van der Waals surface area contributed by atoms with Crippen LogP contribution >= 0.6 is 11.8 Å². The number of aromatic nitrogens is 1. The number of carbonyl (C=O) groups excluding carboxylic acids is 2. The van der Waals surface area contributed by atoms with E-state index in [-0.39, 0.29) is 49.0 Å². The number of nitrogens with one attached hydrogen (secondary N) is 2. The standard InChI is InChI=1S/C39H43N3O11S.C9H9NO/c1-16-9-20-10-22-37(46)42-23-13-50-38(47)39(21-12-25(48-5)24(44)11-19(21)7-8-40-39)14-54-36(30(42)29(41(22)4)26(20)31(45)32(16)49-6)28-27(23)35-34(51-15-52-35)17(2)33(28)53-18(3)43;11-6-7-5-10-9-4-2-1-3-8(7)9/h9,11-12,22-23,29-30,36-37,40,44-46H,7-8,10,13-15H2,1-6H3;1-5,10-11H,6H2/t22-,23-,29+,30+,36+,37-,39+;/m0./s1. The van der Waals surface area contributed by atoms with Crippen LogP contribution in [0, 0.1) is 13.8 Å². The Labute approximate surface area is 379 Å². The molecule has 7 atom stereocenters. The number of aliphatic hydroxyl groups is 2. The van der Waals surface area contributed by atoms with Crippen LogP contribution in [0.3, 0.4) is 0 Å². The molecule has 17 heteroatoms. The molecule has 0 unspecified atom stereocenters. The molecule has 4 bridgehead atoms. The molecule has 0 aliphatic carbocycles. The Morgan fingerprint density at radius 3 is 2.54 bits per heavy atom. The van der Waals surface area contributed by atoms with E-state index in [1.54, 1.807) is 12.1 Å². The Morgan fingerprint density at radius 1 is 1.00 bits per heavy atom. The SMILES string of the molecule is COc1cc2c(cc1O)CCN[C@]21CS[C@@H]2c3c(OC(C)=O)c(C)c4c(c3[C@H](COC1=O)N1[C@@H]2[C@H]2c3c(cc(C)c(OC)c3O)C[C@@H]([C@@H]1O)N2C)OCO4.OCc1c[nH]c2ccccc12. The van der Waals surface area contributed by atoms with Gasteiger partial charge in [-0.1, -0.05) is 24.3 Å². The minimum atomic E-state index is -1.36. The number of H-pyrrole nitrogens is 1. The van der Waals surface area contributed by atoms with Crippen molar-refractivity contribution in [3.63, 3.8) is 0 Å². The molecule has 1 aromatic heterocycles. The quantitative estimate of drug-likeness (QED) is 0.103. The average Bonchev–Trinajstić information content (AvgIpc) is 3.96. The van der Waals surface area contributed by atoms with Crippen molar-refractivity contribution in [1.82, 2.24) is 20.1 Å². The lowest BCUT2D eigenvalue weighted by Gasteiger charge is -2.62. The molecule has 2 saturated heterocycles. The van der Waals surface area contributed by atoms with E-state index in [1.807, 2.05) is 62.3 Å². The third-order valence-corrected chi connectivity index (χ3v) is 15.6. The summed E-state index contributed by atoms with van der Waals surface area (Å²) >= 11 is 1.47. The van der Waals surface area contributed by atoms with E-state index >= 15 is 0 Å². The van der Waals surface area contributed by atoms with Crippen LogP contribution in [-0.4, -0.2) is 112 Å². The maximum atomic E-state index is 14.7. The number of phenols is 2. The first-order valence-electron chi connectivity index (χ1n) is 21.6. The molecule has 7 aliphatic heterocycles. The van der Waals surface area contributed by atoms with Gasteiger partial charge in [0.15, 0.2) is 40.0 Å². The Hall–Kier alpha value is -5.69. The van der Waals surface area contributed by atoms with Gasteiger partial charge in [-0.2, -0.15) is 0 Å². The van der Waals surface area contributed by atoms with Gasteiger partial charge in [0.2, 0.25) is 6.79 Å². The third kappa shape index (κ3) is 6.53. The van der Waals surface area contributed by atoms with Crippen LogP contribution in [0.4, 0.5) is 0 Å². The van der Waals surface area contributed by atoms with E-state index in [4.69, 9.17) is 33.5 Å². The molecule has 16 nitrogen and oxygen atoms in total. The smallest absolute Gasteiger partial charge is 0.331 e. The number of aromatic hydroxyl groups is 2. The van der Waals surface area contributed by atoms with E-state index in [1.165, 1.54) is 32.9 Å². The Morgan fingerprint density at radius 2 is 1.78 bits per heavy atom. The topological polar surface area (TPSA) is 205 Å². The van der Waals surface area contributed by atoms with Gasteiger partial charge in [-0.15, -0.1) is 11.8 Å². The number of aromatic amines is 1. The zero-order chi connectivity index (χ0) is 45.6. The van der Waals surface area contributed by atoms with Crippen LogP contribution in [0.15, 0.2) is 48.7 Å². The number of phenolic OH excluding ortho intramolecular Hbond substituents is 2. The van der Waals surface area contributed by atoms with Crippen LogP contribution in [0.1, 0.15) is 74.3 Å². The van der Waals surface area contributed by atoms with Crippen LogP contribution in [0.2, 0.25) is 0 Å². The number of ether oxygens (including phenoxy) is 6. The van der Waals surface area contributed by atoms with Gasteiger partial charge in [-0.3, -0.25) is 19.9 Å². The molecule has 2 fully saturated rings. The first-order valence-corrected chi connectivity index (χ1v) is 22.7. The Kier molecular flexibility index (Phi) is 10.9. The summed E-state index contributed by atoms with van der Waals surface area (Å²) < 4.78 is 35.9. The van der Waals surface area contributed by atoms with Crippen molar-refractivity contribution in [3.8, 4) is 40.2 Å². The number of esters is 2. The van der Waals surface area contributed by atoms with Crippen LogP contribution < -0.4 is 29.0 Å².